The van der Waals surface area contributed by atoms with Crippen molar-refractivity contribution < 1.29 is 14.6 Å². The second-order valence-corrected chi connectivity index (χ2v) is 6.99. The minimum Gasteiger partial charge on any atom is -0.504 e. The predicted octanol–water partition coefficient (Wildman–Crippen LogP) is 4.88. The van der Waals surface area contributed by atoms with E-state index in [4.69, 9.17) is 4.74 Å². The maximum Gasteiger partial charge on any atom is 0.203 e. The van der Waals surface area contributed by atoms with Crippen LogP contribution in [0.1, 0.15) is 49.2 Å². The van der Waals surface area contributed by atoms with Gasteiger partial charge in [-0.1, -0.05) is 51.1 Å². The van der Waals surface area contributed by atoms with Crippen molar-refractivity contribution in [3.63, 3.8) is 0 Å². The number of phenolic OH excluding ortho intramolecular Hbond substituents is 1. The number of nitriles is 1. The lowest BCUT2D eigenvalue weighted by molar-refractivity contribution is 0.104. The summed E-state index contributed by atoms with van der Waals surface area (Å²) in [6.45, 7) is 8.53. The lowest BCUT2D eigenvalue weighted by atomic mass is 9.86. The zero-order chi connectivity index (χ0) is 19.3. The summed E-state index contributed by atoms with van der Waals surface area (Å²) in [4.78, 5) is 12.6. The molecule has 0 spiro atoms. The average Bonchev–Trinajstić information content (AvgIpc) is 2.61. The van der Waals surface area contributed by atoms with Gasteiger partial charge in [0, 0.05) is 5.56 Å². The number of carbonyl (C=O) groups excluding carboxylic acids is 1. The highest BCUT2D eigenvalue weighted by Gasteiger charge is 2.16. The number of ether oxygens (including phenoxy) is 1. The van der Waals surface area contributed by atoms with Gasteiger partial charge in [0.05, 0.1) is 6.61 Å². The van der Waals surface area contributed by atoms with Crippen molar-refractivity contribution in [2.75, 3.05) is 6.61 Å². The Hall–Kier alpha value is -3.06. The monoisotopic (exact) mass is 349 g/mol. The quantitative estimate of drug-likeness (QED) is 0.474. The number of Topliss-reactive ketones (excluding diaryl/α,β-unsaturated/α-hetero) is 1. The minimum atomic E-state index is -0.334. The van der Waals surface area contributed by atoms with Crippen LogP contribution >= 0.6 is 0 Å². The third kappa shape index (κ3) is 4.52. The molecule has 0 saturated heterocycles. The first kappa shape index (κ1) is 19.3. The molecule has 0 saturated carbocycles. The van der Waals surface area contributed by atoms with E-state index >= 15 is 0 Å². The standard InChI is InChI=1S/C22H23NO3/c1-5-26-20-13-15(6-11-19(20)24)12-17(14-23)21(25)16-7-9-18(10-8-16)22(2,3)4/h6-13,24H,5H2,1-4H3/b17-12+. The number of nitrogens with zero attached hydrogens (tertiary/aromatic N) is 1. The molecule has 1 N–H and O–H groups in total. The Bertz CT molecular complexity index is 866. The van der Waals surface area contributed by atoms with Crippen molar-refractivity contribution in [2.24, 2.45) is 0 Å². The van der Waals surface area contributed by atoms with Gasteiger partial charge in [-0.15, -0.1) is 0 Å². The van der Waals surface area contributed by atoms with Crippen LogP contribution in [0.5, 0.6) is 11.5 Å². The Morgan fingerprint density at radius 2 is 1.85 bits per heavy atom. The number of aromatic hydroxyl groups is 1. The zero-order valence-electron chi connectivity index (χ0n) is 15.5. The van der Waals surface area contributed by atoms with Crippen LogP contribution in [-0.4, -0.2) is 17.5 Å². The molecule has 2 rings (SSSR count). The van der Waals surface area contributed by atoms with Gasteiger partial charge in [0.15, 0.2) is 11.5 Å². The van der Waals surface area contributed by atoms with Crippen molar-refractivity contribution in [1.29, 1.82) is 5.26 Å². The number of ketones is 1. The molecule has 4 nitrogen and oxygen atoms in total. The maximum atomic E-state index is 12.6. The van der Waals surface area contributed by atoms with Crippen molar-refractivity contribution in [3.8, 4) is 17.6 Å². The number of carbonyl (C=O) groups is 1. The lowest BCUT2D eigenvalue weighted by Crippen LogP contribution is -2.11. The largest absolute Gasteiger partial charge is 0.504 e. The molecule has 26 heavy (non-hydrogen) atoms. The first-order valence-electron chi connectivity index (χ1n) is 8.49. The summed E-state index contributed by atoms with van der Waals surface area (Å²) in [5.74, 6) is 0.00566. The molecule has 0 aliphatic rings. The second kappa shape index (κ2) is 7.88. The molecule has 2 aromatic carbocycles. The van der Waals surface area contributed by atoms with Gasteiger partial charge in [-0.3, -0.25) is 4.79 Å². The Labute approximate surface area is 154 Å². The van der Waals surface area contributed by atoms with Crippen LogP contribution in [0.3, 0.4) is 0 Å². The van der Waals surface area contributed by atoms with Gasteiger partial charge in [-0.05, 0) is 41.7 Å². The van der Waals surface area contributed by atoms with Crippen LogP contribution in [0.15, 0.2) is 48.0 Å². The first-order valence-corrected chi connectivity index (χ1v) is 8.49. The third-order valence-corrected chi connectivity index (χ3v) is 3.97. The molecular formula is C22H23NO3. The second-order valence-electron chi connectivity index (χ2n) is 6.99. The molecule has 134 valence electrons. The number of hydrogen-bond donors (Lipinski definition) is 1. The summed E-state index contributed by atoms with van der Waals surface area (Å²) < 4.78 is 5.34. The topological polar surface area (TPSA) is 70.3 Å². The van der Waals surface area contributed by atoms with Gasteiger partial charge >= 0.3 is 0 Å². The summed E-state index contributed by atoms with van der Waals surface area (Å²) in [5, 5.41) is 19.2. The van der Waals surface area contributed by atoms with Crippen LogP contribution in [0.25, 0.3) is 6.08 Å². The van der Waals surface area contributed by atoms with Gasteiger partial charge in [-0.2, -0.15) is 5.26 Å². The van der Waals surface area contributed by atoms with Gasteiger partial charge in [0.25, 0.3) is 0 Å². The third-order valence-electron chi connectivity index (χ3n) is 3.97. The fourth-order valence-corrected chi connectivity index (χ4v) is 2.48. The summed E-state index contributed by atoms with van der Waals surface area (Å²) >= 11 is 0. The highest BCUT2D eigenvalue weighted by Crippen LogP contribution is 2.28. The summed E-state index contributed by atoms with van der Waals surface area (Å²) in [7, 11) is 0. The van der Waals surface area contributed by atoms with Gasteiger partial charge in [0.1, 0.15) is 11.6 Å². The van der Waals surface area contributed by atoms with E-state index < -0.39 is 0 Å². The number of hydrogen-bond acceptors (Lipinski definition) is 4. The molecule has 0 unspecified atom stereocenters. The van der Waals surface area contributed by atoms with E-state index in [9.17, 15) is 15.2 Å². The molecule has 0 aliphatic heterocycles. The van der Waals surface area contributed by atoms with Crippen LogP contribution in [0, 0.1) is 11.3 Å². The minimum absolute atomic E-state index is 0.00278. The highest BCUT2D eigenvalue weighted by molar-refractivity contribution is 6.14. The molecule has 2 aromatic rings. The number of allylic oxidation sites excluding steroid dienone is 1. The van der Waals surface area contributed by atoms with E-state index in [1.807, 2.05) is 25.1 Å². The zero-order valence-corrected chi connectivity index (χ0v) is 15.5. The lowest BCUT2D eigenvalue weighted by Gasteiger charge is -2.18. The highest BCUT2D eigenvalue weighted by atomic mass is 16.5. The molecule has 4 heteroatoms. The van der Waals surface area contributed by atoms with Crippen molar-refractivity contribution >= 4 is 11.9 Å². The fourth-order valence-electron chi connectivity index (χ4n) is 2.48. The molecule has 0 heterocycles. The van der Waals surface area contributed by atoms with Crippen LogP contribution < -0.4 is 4.74 Å². The first-order chi connectivity index (χ1) is 12.3. The molecule has 0 aliphatic carbocycles. The molecule has 0 atom stereocenters. The number of rotatable bonds is 5. The van der Waals surface area contributed by atoms with Crippen molar-refractivity contribution in [2.45, 2.75) is 33.1 Å². The Morgan fingerprint density at radius 1 is 1.19 bits per heavy atom. The van der Waals surface area contributed by atoms with Crippen molar-refractivity contribution in [3.05, 3.63) is 64.7 Å². The van der Waals surface area contributed by atoms with Gasteiger partial charge in [-0.25, -0.2) is 0 Å². The van der Waals surface area contributed by atoms with E-state index in [0.29, 0.717) is 23.5 Å². The van der Waals surface area contributed by atoms with E-state index in [1.165, 1.54) is 12.1 Å². The molecule has 0 amide bonds. The van der Waals surface area contributed by atoms with Crippen molar-refractivity contribution in [1.82, 2.24) is 0 Å². The van der Waals surface area contributed by atoms with Gasteiger partial charge < -0.3 is 9.84 Å². The normalized spacial score (nSPS) is 11.7. The Balaban J connectivity index is 2.33. The SMILES string of the molecule is CCOc1cc(/C=C(\C#N)C(=O)c2ccc(C(C)(C)C)cc2)ccc1O. The van der Waals surface area contributed by atoms with Gasteiger partial charge in [0.2, 0.25) is 5.78 Å². The summed E-state index contributed by atoms with van der Waals surface area (Å²) in [6.07, 6.45) is 1.50. The molecule has 0 radical (unpaired) electrons. The number of benzene rings is 2. The molecular weight excluding hydrogens is 326 g/mol. The fraction of sp³-hybridized carbons (Fsp3) is 0.273. The molecule has 0 aromatic heterocycles. The van der Waals surface area contributed by atoms with E-state index in [-0.39, 0.29) is 22.5 Å². The van der Waals surface area contributed by atoms with E-state index in [1.54, 1.807) is 24.3 Å². The summed E-state index contributed by atoms with van der Waals surface area (Å²) in [6, 6.07) is 14.0. The maximum absolute atomic E-state index is 12.6. The molecule has 0 fully saturated rings. The smallest absolute Gasteiger partial charge is 0.203 e. The Kier molecular flexibility index (Phi) is 5.84. The van der Waals surface area contributed by atoms with Crippen LogP contribution in [0.4, 0.5) is 0 Å². The average molecular weight is 349 g/mol. The number of phenols is 1. The van der Waals surface area contributed by atoms with E-state index in [2.05, 4.69) is 20.8 Å². The Morgan fingerprint density at radius 3 is 2.38 bits per heavy atom. The molecule has 0 bridgehead atoms. The van der Waals surface area contributed by atoms with E-state index in [0.717, 1.165) is 5.56 Å². The summed E-state index contributed by atoms with van der Waals surface area (Å²) in [5.41, 5.74) is 2.23. The predicted molar refractivity (Wildman–Crippen MR) is 102 cm³/mol. The van der Waals surface area contributed by atoms with Crippen LogP contribution in [0.2, 0.25) is 0 Å². The van der Waals surface area contributed by atoms with Crippen LogP contribution in [-0.2, 0) is 5.41 Å².